The maximum Gasteiger partial charge on any atom is 0.237 e. The Kier molecular flexibility index (Phi) is 4.84. The summed E-state index contributed by atoms with van der Waals surface area (Å²) < 4.78 is 13.9. The summed E-state index contributed by atoms with van der Waals surface area (Å²) in [5.41, 5.74) is 5.74. The van der Waals surface area contributed by atoms with E-state index >= 15 is 0 Å². The zero-order chi connectivity index (χ0) is 14.5. The van der Waals surface area contributed by atoms with E-state index in [1.54, 1.807) is 11.8 Å². The van der Waals surface area contributed by atoms with Crippen molar-refractivity contribution in [1.82, 2.24) is 0 Å². The molecule has 5 nitrogen and oxygen atoms in total. The molecule has 0 radical (unpaired) electrons. The zero-order valence-corrected chi connectivity index (χ0v) is 11.6. The predicted octanol–water partition coefficient (Wildman–Crippen LogP) is 2.14. The average molecular weight is 297 g/mol. The number of thioether (sulfide) groups is 1. The number of amides is 1. The van der Waals surface area contributed by atoms with Crippen LogP contribution in [0.5, 0.6) is 0 Å². The number of carbonyl (C=O) groups excluding carboxylic acids is 1. The number of hydrogen-bond donors (Lipinski definition) is 3. The fraction of sp³-hybridized carbons (Fsp3) is 0.385. The number of nitrogens with one attached hydrogen (secondary N) is 1. The van der Waals surface area contributed by atoms with Crippen molar-refractivity contribution in [1.29, 1.82) is 0 Å². The van der Waals surface area contributed by atoms with Crippen molar-refractivity contribution in [2.45, 2.75) is 24.5 Å². The van der Waals surface area contributed by atoms with Crippen LogP contribution in [0.4, 0.5) is 10.1 Å². The Hall–Kier alpha value is -1.76. The number of benzene rings is 1. The summed E-state index contributed by atoms with van der Waals surface area (Å²) in [4.78, 5) is 12.0. The van der Waals surface area contributed by atoms with E-state index in [9.17, 15) is 9.18 Å². The molecule has 1 aromatic carbocycles. The highest BCUT2D eigenvalue weighted by Crippen LogP contribution is 2.26. The maximum absolute atomic E-state index is 13.9. The summed E-state index contributed by atoms with van der Waals surface area (Å²) in [6.45, 7) is 0. The number of hydrogen-bond acceptors (Lipinski definition) is 4. The summed E-state index contributed by atoms with van der Waals surface area (Å²) in [7, 11) is 0. The lowest BCUT2D eigenvalue weighted by atomic mass is 10.1. The van der Waals surface area contributed by atoms with Gasteiger partial charge in [-0.3, -0.25) is 4.79 Å². The molecule has 20 heavy (non-hydrogen) atoms. The molecule has 0 bridgehead atoms. The van der Waals surface area contributed by atoms with Gasteiger partial charge < -0.3 is 16.3 Å². The summed E-state index contributed by atoms with van der Waals surface area (Å²) in [6.07, 6.45) is 2.97. The second-order valence-electron chi connectivity index (χ2n) is 4.52. The van der Waals surface area contributed by atoms with Crippen LogP contribution in [0.15, 0.2) is 23.4 Å². The Morgan fingerprint density at radius 3 is 2.90 bits per heavy atom. The van der Waals surface area contributed by atoms with E-state index in [-0.39, 0.29) is 28.2 Å². The highest BCUT2D eigenvalue weighted by molar-refractivity contribution is 8.00. The second kappa shape index (κ2) is 6.60. The van der Waals surface area contributed by atoms with Crippen molar-refractivity contribution in [2.24, 2.45) is 10.9 Å². The summed E-state index contributed by atoms with van der Waals surface area (Å²) in [6, 6.07) is 4.02. The lowest BCUT2D eigenvalue weighted by molar-refractivity contribution is -0.115. The number of amidine groups is 1. The van der Waals surface area contributed by atoms with Gasteiger partial charge in [0, 0.05) is 5.56 Å². The smallest absolute Gasteiger partial charge is 0.237 e. The number of rotatable bonds is 3. The fourth-order valence-electron chi connectivity index (χ4n) is 1.99. The van der Waals surface area contributed by atoms with Gasteiger partial charge in [-0.05, 0) is 36.8 Å². The van der Waals surface area contributed by atoms with Crippen LogP contribution >= 0.6 is 11.8 Å². The van der Waals surface area contributed by atoms with Gasteiger partial charge in [-0.2, -0.15) is 0 Å². The molecule has 1 saturated heterocycles. The minimum absolute atomic E-state index is 0.107. The summed E-state index contributed by atoms with van der Waals surface area (Å²) in [5.74, 6) is 0.00115. The van der Waals surface area contributed by atoms with Crippen molar-refractivity contribution >= 4 is 29.2 Å². The van der Waals surface area contributed by atoms with Crippen molar-refractivity contribution < 1.29 is 14.4 Å². The van der Waals surface area contributed by atoms with Gasteiger partial charge in [-0.15, -0.1) is 11.8 Å². The molecule has 0 saturated carbocycles. The van der Waals surface area contributed by atoms with Crippen LogP contribution in [-0.2, 0) is 4.79 Å². The van der Waals surface area contributed by atoms with Gasteiger partial charge in [0.2, 0.25) is 5.91 Å². The third-order valence-electron chi connectivity index (χ3n) is 3.10. The fourth-order valence-corrected chi connectivity index (χ4v) is 3.19. The third kappa shape index (κ3) is 3.41. The number of nitrogens with zero attached hydrogens (tertiary/aromatic N) is 1. The molecule has 0 spiro atoms. The molecule has 1 atom stereocenters. The predicted molar refractivity (Wildman–Crippen MR) is 77.6 cm³/mol. The molecule has 1 fully saturated rings. The van der Waals surface area contributed by atoms with Gasteiger partial charge >= 0.3 is 0 Å². The van der Waals surface area contributed by atoms with Crippen molar-refractivity contribution in [3.63, 3.8) is 0 Å². The van der Waals surface area contributed by atoms with Gasteiger partial charge in [0.25, 0.3) is 0 Å². The first-order valence-electron chi connectivity index (χ1n) is 6.31. The van der Waals surface area contributed by atoms with E-state index in [1.807, 2.05) is 0 Å². The van der Waals surface area contributed by atoms with Crippen LogP contribution in [0, 0.1) is 5.82 Å². The molecule has 0 aromatic heterocycles. The van der Waals surface area contributed by atoms with E-state index in [0.29, 0.717) is 0 Å². The summed E-state index contributed by atoms with van der Waals surface area (Å²) >= 11 is 1.60. The van der Waals surface area contributed by atoms with E-state index < -0.39 is 5.82 Å². The van der Waals surface area contributed by atoms with Crippen LogP contribution in [-0.4, -0.2) is 28.0 Å². The van der Waals surface area contributed by atoms with E-state index in [1.165, 1.54) is 12.1 Å². The first kappa shape index (κ1) is 14.6. The number of anilines is 1. The molecule has 1 unspecified atom stereocenters. The minimum atomic E-state index is -0.608. The molecule has 2 rings (SSSR count). The van der Waals surface area contributed by atoms with E-state index in [4.69, 9.17) is 10.9 Å². The molecule has 7 heteroatoms. The number of carbonyl (C=O) groups is 1. The molecule has 1 aromatic rings. The lowest BCUT2D eigenvalue weighted by Gasteiger charge is -2.20. The van der Waals surface area contributed by atoms with E-state index in [0.717, 1.165) is 31.1 Å². The molecule has 4 N–H and O–H groups in total. The van der Waals surface area contributed by atoms with Crippen LogP contribution in [0.25, 0.3) is 0 Å². The topological polar surface area (TPSA) is 87.7 Å². The van der Waals surface area contributed by atoms with Gasteiger partial charge in [-0.1, -0.05) is 11.6 Å². The molecule has 0 aliphatic carbocycles. The Balaban J connectivity index is 2.07. The highest BCUT2D eigenvalue weighted by atomic mass is 32.2. The molecule has 1 heterocycles. The molecule has 1 amide bonds. The minimum Gasteiger partial charge on any atom is -0.409 e. The van der Waals surface area contributed by atoms with Gasteiger partial charge in [0.1, 0.15) is 5.82 Å². The first-order chi connectivity index (χ1) is 9.61. The van der Waals surface area contributed by atoms with Crippen LogP contribution in [0.3, 0.4) is 0 Å². The molecule has 1 aliphatic rings. The summed E-state index contributed by atoms with van der Waals surface area (Å²) in [5, 5.41) is 13.8. The monoisotopic (exact) mass is 297 g/mol. The average Bonchev–Trinajstić information content (AvgIpc) is 2.49. The zero-order valence-electron chi connectivity index (χ0n) is 10.8. The van der Waals surface area contributed by atoms with Gasteiger partial charge in [0.15, 0.2) is 5.84 Å². The largest absolute Gasteiger partial charge is 0.409 e. The Labute approximate surface area is 120 Å². The van der Waals surface area contributed by atoms with Gasteiger partial charge in [-0.25, -0.2) is 4.39 Å². The first-order valence-corrected chi connectivity index (χ1v) is 7.36. The number of oxime groups is 1. The SMILES string of the molecule is N/C(=N/O)c1ccc(NC(=O)C2CCCCS2)c(F)c1. The normalized spacial score (nSPS) is 19.6. The molecule has 108 valence electrons. The quantitative estimate of drug-likeness (QED) is 0.345. The second-order valence-corrected chi connectivity index (χ2v) is 5.83. The van der Waals surface area contributed by atoms with E-state index in [2.05, 4.69) is 10.5 Å². The van der Waals surface area contributed by atoms with Crippen molar-refractivity contribution in [3.8, 4) is 0 Å². The standard InChI is InChI=1S/C13H16FN3O2S/c14-9-7-8(12(15)17-19)4-5-10(9)16-13(18)11-3-1-2-6-20-11/h4-5,7,11,19H,1-3,6H2,(H2,15,17)(H,16,18). The highest BCUT2D eigenvalue weighted by Gasteiger charge is 2.22. The number of halogens is 1. The van der Waals surface area contributed by atoms with Crippen molar-refractivity contribution in [3.05, 3.63) is 29.6 Å². The Morgan fingerprint density at radius 2 is 2.30 bits per heavy atom. The van der Waals surface area contributed by atoms with Gasteiger partial charge in [0.05, 0.1) is 10.9 Å². The third-order valence-corrected chi connectivity index (χ3v) is 4.48. The Morgan fingerprint density at radius 1 is 1.50 bits per heavy atom. The number of nitrogens with two attached hydrogens (primary N) is 1. The molecule has 1 aliphatic heterocycles. The van der Waals surface area contributed by atoms with Crippen molar-refractivity contribution in [2.75, 3.05) is 11.1 Å². The lowest BCUT2D eigenvalue weighted by Crippen LogP contribution is -2.28. The maximum atomic E-state index is 13.9. The molecular formula is C13H16FN3O2S. The van der Waals surface area contributed by atoms with Crippen LogP contribution in [0.2, 0.25) is 0 Å². The molecular weight excluding hydrogens is 281 g/mol. The Bertz CT molecular complexity index is 530. The van der Waals surface area contributed by atoms with Crippen LogP contribution < -0.4 is 11.1 Å². The van der Waals surface area contributed by atoms with Crippen LogP contribution in [0.1, 0.15) is 24.8 Å².